The Kier molecular flexibility index (Phi) is 4.67. The molecule has 2 N–H and O–H groups in total. The largest absolute Gasteiger partial charge is 0.444 e. The molecule has 0 aliphatic rings. The highest BCUT2D eigenvalue weighted by molar-refractivity contribution is 5.85. The summed E-state index contributed by atoms with van der Waals surface area (Å²) in [4.78, 5) is 29.0. The molecular weight excluding hydrogens is 306 g/mol. The van der Waals surface area contributed by atoms with E-state index in [1.165, 1.54) is 6.20 Å². The van der Waals surface area contributed by atoms with Crippen LogP contribution in [0, 0.1) is 0 Å². The number of carbonyl (C=O) groups excluding carboxylic acids is 1. The number of nitrogens with one attached hydrogen (secondary N) is 2. The van der Waals surface area contributed by atoms with E-state index in [2.05, 4.69) is 15.3 Å². The topological polar surface area (TPSA) is 84.1 Å². The van der Waals surface area contributed by atoms with Crippen molar-refractivity contribution in [1.29, 1.82) is 0 Å². The van der Waals surface area contributed by atoms with Crippen molar-refractivity contribution in [2.24, 2.45) is 0 Å². The van der Waals surface area contributed by atoms with Crippen LogP contribution in [-0.2, 0) is 11.3 Å². The minimum absolute atomic E-state index is 0.216. The minimum Gasteiger partial charge on any atom is -0.444 e. The maximum absolute atomic E-state index is 11.8. The number of rotatable bonds is 4. The highest BCUT2D eigenvalue weighted by Crippen LogP contribution is 2.19. The summed E-state index contributed by atoms with van der Waals surface area (Å²) >= 11 is 0. The number of H-pyrrole nitrogens is 1. The van der Waals surface area contributed by atoms with Crippen molar-refractivity contribution < 1.29 is 9.53 Å². The Bertz CT molecular complexity index is 854. The Morgan fingerprint density at radius 1 is 1.04 bits per heavy atom. The van der Waals surface area contributed by atoms with Crippen LogP contribution in [-0.4, -0.2) is 16.1 Å². The highest BCUT2D eigenvalue weighted by atomic mass is 16.5. The average Bonchev–Trinajstić information content (AvgIpc) is 2.62. The van der Waals surface area contributed by atoms with Crippen LogP contribution in [0.25, 0.3) is 11.1 Å². The summed E-state index contributed by atoms with van der Waals surface area (Å²) in [7, 11) is 0. The summed E-state index contributed by atoms with van der Waals surface area (Å²) in [6, 6.07) is 16.6. The van der Waals surface area contributed by atoms with Gasteiger partial charge in [0.1, 0.15) is 6.61 Å². The van der Waals surface area contributed by atoms with Crippen molar-refractivity contribution in [2.75, 3.05) is 5.32 Å². The molecule has 2 aromatic carbocycles. The molecular formula is C18H15N3O3. The molecule has 6 heteroatoms. The molecule has 0 saturated carbocycles. The van der Waals surface area contributed by atoms with E-state index in [0.717, 1.165) is 16.7 Å². The number of ether oxygens (including phenoxy) is 1. The van der Waals surface area contributed by atoms with E-state index in [1.54, 1.807) is 18.3 Å². The van der Waals surface area contributed by atoms with Gasteiger partial charge in [-0.1, -0.05) is 42.5 Å². The summed E-state index contributed by atoms with van der Waals surface area (Å²) in [5.74, 6) is 0. The first kappa shape index (κ1) is 15.5. The zero-order chi connectivity index (χ0) is 16.8. The average molecular weight is 321 g/mol. The van der Waals surface area contributed by atoms with Crippen molar-refractivity contribution in [3.63, 3.8) is 0 Å². The van der Waals surface area contributed by atoms with E-state index < -0.39 is 11.8 Å². The lowest BCUT2D eigenvalue weighted by Crippen LogP contribution is -2.13. The van der Waals surface area contributed by atoms with E-state index in [-0.39, 0.29) is 6.61 Å². The third kappa shape index (κ3) is 4.07. The van der Waals surface area contributed by atoms with Gasteiger partial charge in [0.15, 0.2) is 0 Å². The molecule has 0 aliphatic carbocycles. The Labute approximate surface area is 138 Å². The number of aromatic nitrogens is 2. The predicted molar refractivity (Wildman–Crippen MR) is 90.5 cm³/mol. The van der Waals surface area contributed by atoms with Gasteiger partial charge in [0.25, 0.3) is 0 Å². The van der Waals surface area contributed by atoms with Gasteiger partial charge < -0.3 is 9.72 Å². The molecule has 24 heavy (non-hydrogen) atoms. The van der Waals surface area contributed by atoms with Gasteiger partial charge in [-0.15, -0.1) is 0 Å². The van der Waals surface area contributed by atoms with E-state index in [1.807, 2.05) is 42.5 Å². The summed E-state index contributed by atoms with van der Waals surface area (Å²) in [6.45, 7) is 0.216. The second kappa shape index (κ2) is 7.23. The summed E-state index contributed by atoms with van der Waals surface area (Å²) in [5.41, 5.74) is 2.82. The van der Waals surface area contributed by atoms with Crippen LogP contribution in [0.15, 0.2) is 71.8 Å². The maximum atomic E-state index is 11.8. The molecule has 0 unspecified atom stereocenters. The van der Waals surface area contributed by atoms with Crippen molar-refractivity contribution in [3.05, 3.63) is 83.0 Å². The number of anilines is 1. The summed E-state index contributed by atoms with van der Waals surface area (Å²) in [6.07, 6.45) is 2.57. The van der Waals surface area contributed by atoms with Gasteiger partial charge in [-0.2, -0.15) is 0 Å². The second-order valence-corrected chi connectivity index (χ2v) is 5.07. The van der Waals surface area contributed by atoms with Crippen molar-refractivity contribution in [3.8, 4) is 11.1 Å². The predicted octanol–water partition coefficient (Wildman–Crippen LogP) is 3.19. The lowest BCUT2D eigenvalue weighted by atomic mass is 10.1. The normalized spacial score (nSPS) is 10.2. The third-order valence-electron chi connectivity index (χ3n) is 3.35. The lowest BCUT2D eigenvalue weighted by Gasteiger charge is -2.08. The lowest BCUT2D eigenvalue weighted by molar-refractivity contribution is 0.155. The van der Waals surface area contributed by atoms with E-state index in [0.29, 0.717) is 5.69 Å². The monoisotopic (exact) mass is 321 g/mol. The first-order valence-corrected chi connectivity index (χ1v) is 7.33. The van der Waals surface area contributed by atoms with Crippen molar-refractivity contribution in [1.82, 2.24) is 9.97 Å². The molecule has 3 aromatic rings. The van der Waals surface area contributed by atoms with Gasteiger partial charge in [-0.25, -0.2) is 14.6 Å². The van der Waals surface area contributed by atoms with Crippen LogP contribution < -0.4 is 11.0 Å². The van der Waals surface area contributed by atoms with Gasteiger partial charge >= 0.3 is 11.8 Å². The van der Waals surface area contributed by atoms with Crippen LogP contribution in [0.3, 0.4) is 0 Å². The number of nitrogens with zero attached hydrogens (tertiary/aromatic N) is 1. The zero-order valence-corrected chi connectivity index (χ0v) is 12.7. The number of carbonyl (C=O) groups is 1. The molecule has 0 aliphatic heterocycles. The standard InChI is InChI=1S/C18H15N3O3/c22-17-19-10-15(11-20-17)14-6-8-16(9-7-14)21-18(23)24-12-13-4-2-1-3-5-13/h1-11H,12H2,(H,21,23)(H,19,20,22). The van der Waals surface area contributed by atoms with Crippen molar-refractivity contribution in [2.45, 2.75) is 6.61 Å². The molecule has 3 rings (SSSR count). The molecule has 6 nitrogen and oxygen atoms in total. The van der Waals surface area contributed by atoms with Gasteiger partial charge in [-0.3, -0.25) is 5.32 Å². The molecule has 120 valence electrons. The molecule has 1 amide bonds. The van der Waals surface area contributed by atoms with Gasteiger partial charge in [0, 0.05) is 23.6 Å². The molecule has 1 aromatic heterocycles. The van der Waals surface area contributed by atoms with Crippen molar-refractivity contribution >= 4 is 11.8 Å². The van der Waals surface area contributed by atoms with Crippen LogP contribution in [0.2, 0.25) is 0 Å². The van der Waals surface area contributed by atoms with E-state index >= 15 is 0 Å². The van der Waals surface area contributed by atoms with Gasteiger partial charge in [0.05, 0.1) is 0 Å². The van der Waals surface area contributed by atoms with Crippen LogP contribution in [0.4, 0.5) is 10.5 Å². The third-order valence-corrected chi connectivity index (χ3v) is 3.35. The SMILES string of the molecule is O=C(Nc1ccc(-c2cnc(=O)[nH]c2)cc1)OCc1ccccc1. The number of aromatic amines is 1. The van der Waals surface area contributed by atoms with Crippen LogP contribution >= 0.6 is 0 Å². The first-order chi connectivity index (χ1) is 11.7. The quantitative estimate of drug-likeness (QED) is 0.773. The fourth-order valence-corrected chi connectivity index (χ4v) is 2.12. The second-order valence-electron chi connectivity index (χ2n) is 5.07. The van der Waals surface area contributed by atoms with E-state index in [4.69, 9.17) is 4.74 Å². The molecule has 0 fully saturated rings. The number of hydrogen-bond donors (Lipinski definition) is 2. The smallest absolute Gasteiger partial charge is 0.411 e. The molecule has 0 radical (unpaired) electrons. The fourth-order valence-electron chi connectivity index (χ4n) is 2.12. The van der Waals surface area contributed by atoms with E-state index in [9.17, 15) is 9.59 Å². The first-order valence-electron chi connectivity index (χ1n) is 7.33. The fraction of sp³-hybridized carbons (Fsp3) is 0.0556. The highest BCUT2D eigenvalue weighted by Gasteiger charge is 2.04. The summed E-state index contributed by atoms with van der Waals surface area (Å²) in [5, 5.41) is 2.67. The maximum Gasteiger partial charge on any atom is 0.411 e. The molecule has 0 spiro atoms. The minimum atomic E-state index is -0.516. The van der Waals surface area contributed by atoms with Gasteiger partial charge in [-0.05, 0) is 23.3 Å². The zero-order valence-electron chi connectivity index (χ0n) is 12.7. The molecule has 0 bridgehead atoms. The van der Waals surface area contributed by atoms with Crippen LogP contribution in [0.5, 0.6) is 0 Å². The number of benzene rings is 2. The Hall–Kier alpha value is -3.41. The Morgan fingerprint density at radius 2 is 1.79 bits per heavy atom. The van der Waals surface area contributed by atoms with Crippen LogP contribution in [0.1, 0.15) is 5.56 Å². The number of hydrogen-bond acceptors (Lipinski definition) is 4. The molecule has 1 heterocycles. The van der Waals surface area contributed by atoms with Gasteiger partial charge in [0.2, 0.25) is 0 Å². The Balaban J connectivity index is 1.58. The summed E-state index contributed by atoms with van der Waals surface area (Å²) < 4.78 is 5.16. The molecule has 0 atom stereocenters. The Morgan fingerprint density at radius 3 is 2.46 bits per heavy atom. The molecule has 0 saturated heterocycles. The number of amides is 1.